The molecule has 162 valence electrons. The van der Waals surface area contributed by atoms with Gasteiger partial charge in [0.05, 0.1) is 5.92 Å². The Hall–Kier alpha value is -2.80. The van der Waals surface area contributed by atoms with E-state index in [-0.39, 0.29) is 11.2 Å². The van der Waals surface area contributed by atoms with Gasteiger partial charge in [-0.2, -0.15) is 0 Å². The zero-order chi connectivity index (χ0) is 22.5. The van der Waals surface area contributed by atoms with Gasteiger partial charge in [0.1, 0.15) is 17.3 Å². The second-order valence-electron chi connectivity index (χ2n) is 8.95. The summed E-state index contributed by atoms with van der Waals surface area (Å²) >= 11 is 1.47. The molecule has 0 bridgehead atoms. The van der Waals surface area contributed by atoms with Crippen LogP contribution < -0.4 is 10.6 Å². The van der Waals surface area contributed by atoms with Crippen molar-refractivity contribution >= 4 is 28.7 Å². The number of para-hydroxylation sites is 1. The van der Waals surface area contributed by atoms with Gasteiger partial charge >= 0.3 is 0 Å². The summed E-state index contributed by atoms with van der Waals surface area (Å²) in [4.78, 5) is 27.5. The van der Waals surface area contributed by atoms with Crippen LogP contribution in [0.4, 0.5) is 14.5 Å². The predicted octanol–water partition coefficient (Wildman–Crippen LogP) is 5.58. The Kier molecular flexibility index (Phi) is 5.33. The molecular formula is C24H24F2N2O2S. The molecule has 4 nitrogen and oxygen atoms in total. The lowest BCUT2D eigenvalue weighted by molar-refractivity contribution is -0.118. The topological polar surface area (TPSA) is 58.2 Å². The highest BCUT2D eigenvalue weighted by Gasteiger charge is 2.43. The highest BCUT2D eigenvalue weighted by Crippen LogP contribution is 2.48. The monoisotopic (exact) mass is 442 g/mol. The molecule has 2 N–H and O–H groups in total. The summed E-state index contributed by atoms with van der Waals surface area (Å²) in [6.07, 6.45) is 1.06. The lowest BCUT2D eigenvalue weighted by atomic mass is 9.69. The number of halogens is 2. The van der Waals surface area contributed by atoms with E-state index in [1.54, 1.807) is 6.92 Å². The van der Waals surface area contributed by atoms with E-state index in [1.807, 2.05) is 32.2 Å². The molecule has 4 rings (SSSR count). The standard InChI is InChI=1S/C24H24F2N2O2S/c1-12-8-9-31-22(12)20-18(23(30)28-21-14(25)6-5-7-15(21)26)13(2)27-16-10-24(3,4)11-17(29)19(16)20/h5-9,20,27H,10-11H2,1-4H3,(H,28,30). The Morgan fingerprint density at radius 1 is 1.16 bits per heavy atom. The zero-order valence-electron chi connectivity index (χ0n) is 17.9. The van der Waals surface area contributed by atoms with Crippen molar-refractivity contribution < 1.29 is 18.4 Å². The van der Waals surface area contributed by atoms with Crippen molar-refractivity contribution in [2.75, 3.05) is 5.32 Å². The lowest BCUT2D eigenvalue weighted by Crippen LogP contribution is -2.39. The van der Waals surface area contributed by atoms with Gasteiger partial charge in [0.2, 0.25) is 0 Å². The quantitative estimate of drug-likeness (QED) is 0.653. The van der Waals surface area contributed by atoms with E-state index in [0.717, 1.165) is 28.3 Å². The van der Waals surface area contributed by atoms with Crippen molar-refractivity contribution in [2.45, 2.75) is 46.5 Å². The number of hydrogen-bond donors (Lipinski definition) is 2. The van der Waals surface area contributed by atoms with Gasteiger partial charge in [-0.25, -0.2) is 8.78 Å². The second kappa shape index (κ2) is 7.71. The van der Waals surface area contributed by atoms with Gasteiger partial charge in [-0.15, -0.1) is 11.3 Å². The Bertz CT molecular complexity index is 1140. The average Bonchev–Trinajstić information content (AvgIpc) is 3.08. The van der Waals surface area contributed by atoms with Crippen molar-refractivity contribution in [2.24, 2.45) is 5.41 Å². The number of benzene rings is 1. The number of rotatable bonds is 3. The van der Waals surface area contributed by atoms with Crippen LogP contribution in [0.3, 0.4) is 0 Å². The first-order chi connectivity index (χ1) is 14.6. The maximum atomic E-state index is 14.2. The molecule has 0 radical (unpaired) electrons. The van der Waals surface area contributed by atoms with E-state index in [2.05, 4.69) is 10.6 Å². The third-order valence-electron chi connectivity index (χ3n) is 5.85. The predicted molar refractivity (Wildman–Crippen MR) is 118 cm³/mol. The Morgan fingerprint density at radius 3 is 2.45 bits per heavy atom. The van der Waals surface area contributed by atoms with Crippen LogP contribution in [0.5, 0.6) is 0 Å². The van der Waals surface area contributed by atoms with Crippen LogP contribution in [0.1, 0.15) is 50.0 Å². The maximum absolute atomic E-state index is 14.2. The minimum Gasteiger partial charge on any atom is -0.362 e. The average molecular weight is 443 g/mol. The van der Waals surface area contributed by atoms with Crippen molar-refractivity contribution in [1.82, 2.24) is 5.32 Å². The molecule has 2 heterocycles. The number of dihydropyridines is 1. The summed E-state index contributed by atoms with van der Waals surface area (Å²) in [5.41, 5.74) is 2.58. The number of nitrogens with one attached hydrogen (secondary N) is 2. The first kappa shape index (κ1) is 21.4. The minimum atomic E-state index is -0.852. The number of carbonyl (C=O) groups is 2. The third kappa shape index (κ3) is 3.82. The molecule has 1 aromatic carbocycles. The molecule has 0 fully saturated rings. The molecule has 0 saturated heterocycles. The Morgan fingerprint density at radius 2 is 1.84 bits per heavy atom. The first-order valence-corrected chi connectivity index (χ1v) is 11.0. The van der Waals surface area contributed by atoms with E-state index in [1.165, 1.54) is 17.4 Å². The molecule has 31 heavy (non-hydrogen) atoms. The van der Waals surface area contributed by atoms with Crippen molar-refractivity contribution in [3.05, 3.63) is 74.3 Å². The van der Waals surface area contributed by atoms with Crippen LogP contribution in [0, 0.1) is 24.0 Å². The van der Waals surface area contributed by atoms with Crippen molar-refractivity contribution in [3.8, 4) is 0 Å². The normalized spacial score (nSPS) is 20.5. The molecular weight excluding hydrogens is 418 g/mol. The van der Waals surface area contributed by atoms with Gasteiger partial charge < -0.3 is 10.6 Å². The number of ketones is 1. The molecule has 1 aliphatic heterocycles. The molecule has 0 spiro atoms. The summed E-state index contributed by atoms with van der Waals surface area (Å²) in [5.74, 6) is -2.92. The van der Waals surface area contributed by atoms with E-state index >= 15 is 0 Å². The Balaban J connectivity index is 1.82. The zero-order valence-corrected chi connectivity index (χ0v) is 18.7. The number of carbonyl (C=O) groups excluding carboxylic acids is 2. The summed E-state index contributed by atoms with van der Waals surface area (Å²) in [7, 11) is 0. The van der Waals surface area contributed by atoms with Crippen molar-refractivity contribution in [1.29, 1.82) is 0 Å². The van der Waals surface area contributed by atoms with E-state index in [4.69, 9.17) is 0 Å². The number of allylic oxidation sites excluding steroid dienone is 3. The Labute approximate surface area is 184 Å². The summed E-state index contributed by atoms with van der Waals surface area (Å²) in [5, 5.41) is 7.58. The van der Waals surface area contributed by atoms with Gasteiger partial charge in [-0.3, -0.25) is 9.59 Å². The van der Waals surface area contributed by atoms with Crippen molar-refractivity contribution in [3.63, 3.8) is 0 Å². The van der Waals surface area contributed by atoms with Crippen LogP contribution in [0.25, 0.3) is 0 Å². The van der Waals surface area contributed by atoms with Crippen LogP contribution in [-0.4, -0.2) is 11.7 Å². The summed E-state index contributed by atoms with van der Waals surface area (Å²) in [6, 6.07) is 5.37. The highest BCUT2D eigenvalue weighted by atomic mass is 32.1. The highest BCUT2D eigenvalue weighted by molar-refractivity contribution is 7.10. The fraction of sp³-hybridized carbons (Fsp3) is 0.333. The third-order valence-corrected chi connectivity index (χ3v) is 6.93. The molecule has 2 aliphatic rings. The van der Waals surface area contributed by atoms with E-state index < -0.39 is 29.1 Å². The van der Waals surface area contributed by atoms with E-state index in [9.17, 15) is 18.4 Å². The van der Waals surface area contributed by atoms with Crippen LogP contribution in [0.15, 0.2) is 52.2 Å². The summed E-state index contributed by atoms with van der Waals surface area (Å²) in [6.45, 7) is 7.79. The molecule has 1 amide bonds. The number of thiophene rings is 1. The number of Topliss-reactive ketones (excluding diaryl/α,β-unsaturated/α-hetero) is 1. The molecule has 1 atom stereocenters. The van der Waals surface area contributed by atoms with Gasteiger partial charge in [-0.05, 0) is 54.8 Å². The molecule has 7 heteroatoms. The SMILES string of the molecule is CC1=C(C(=O)Nc2c(F)cccc2F)C(c2sccc2C)C2=C(CC(C)(C)CC2=O)N1. The van der Waals surface area contributed by atoms with Crippen LogP contribution >= 0.6 is 11.3 Å². The largest absolute Gasteiger partial charge is 0.362 e. The fourth-order valence-corrected chi connectivity index (χ4v) is 5.52. The van der Waals surface area contributed by atoms with Gasteiger partial charge in [0.15, 0.2) is 5.78 Å². The van der Waals surface area contributed by atoms with Gasteiger partial charge in [0, 0.05) is 33.8 Å². The van der Waals surface area contributed by atoms with Crippen LogP contribution in [0.2, 0.25) is 0 Å². The minimum absolute atomic E-state index is 0.00794. The number of amides is 1. The first-order valence-electron chi connectivity index (χ1n) is 10.1. The van der Waals surface area contributed by atoms with Gasteiger partial charge in [-0.1, -0.05) is 19.9 Å². The number of hydrogen-bond acceptors (Lipinski definition) is 4. The number of aryl methyl sites for hydroxylation is 1. The molecule has 1 unspecified atom stereocenters. The van der Waals surface area contributed by atoms with Crippen LogP contribution in [-0.2, 0) is 9.59 Å². The fourth-order valence-electron chi connectivity index (χ4n) is 4.48. The van der Waals surface area contributed by atoms with Gasteiger partial charge in [0.25, 0.3) is 5.91 Å². The smallest absolute Gasteiger partial charge is 0.254 e. The molecule has 1 aliphatic carbocycles. The lowest BCUT2D eigenvalue weighted by Gasteiger charge is -2.39. The maximum Gasteiger partial charge on any atom is 0.254 e. The number of anilines is 1. The summed E-state index contributed by atoms with van der Waals surface area (Å²) < 4.78 is 28.4. The molecule has 0 saturated carbocycles. The van der Waals surface area contributed by atoms with E-state index in [0.29, 0.717) is 29.7 Å². The molecule has 1 aromatic heterocycles. The second-order valence-corrected chi connectivity index (χ2v) is 9.90. The molecule has 2 aromatic rings.